The van der Waals surface area contributed by atoms with Crippen molar-refractivity contribution in [3.8, 4) is 0 Å². The summed E-state index contributed by atoms with van der Waals surface area (Å²) in [5, 5.41) is 10.9. The highest BCUT2D eigenvalue weighted by Crippen LogP contribution is 2.30. The second-order valence-corrected chi connectivity index (χ2v) is 4.93. The number of amides is 1. The summed E-state index contributed by atoms with van der Waals surface area (Å²) in [5.41, 5.74) is 1.86. The lowest BCUT2D eigenvalue weighted by molar-refractivity contribution is -0.116. The average Bonchev–Trinajstić information content (AvgIpc) is 2.50. The summed E-state index contributed by atoms with van der Waals surface area (Å²) in [7, 11) is 1.92. The maximum absolute atomic E-state index is 11.9. The van der Waals surface area contributed by atoms with Crippen molar-refractivity contribution in [2.24, 2.45) is 7.05 Å². The molecule has 2 heterocycles. The molecule has 2 rings (SSSR count). The Hall–Kier alpha value is -1.52. The van der Waals surface area contributed by atoms with Gasteiger partial charge in [0.15, 0.2) is 0 Å². The van der Waals surface area contributed by atoms with Crippen molar-refractivity contribution >= 4 is 17.4 Å². The second-order valence-electron chi connectivity index (χ2n) is 4.93. The van der Waals surface area contributed by atoms with Gasteiger partial charge in [0.25, 0.3) is 0 Å². The van der Waals surface area contributed by atoms with Crippen LogP contribution in [0.4, 0.5) is 11.5 Å². The number of aromatic nitrogens is 2. The number of nitrogens with one attached hydrogen (secondary N) is 2. The topological polar surface area (TPSA) is 59.0 Å². The average molecular weight is 250 g/mol. The molecule has 5 heteroatoms. The summed E-state index contributed by atoms with van der Waals surface area (Å²) < 4.78 is 1.84. The number of rotatable bonds is 4. The molecule has 1 atom stereocenters. The van der Waals surface area contributed by atoms with Gasteiger partial charge in [0.1, 0.15) is 11.5 Å². The Morgan fingerprint density at radius 3 is 2.83 bits per heavy atom. The van der Waals surface area contributed by atoms with E-state index < -0.39 is 0 Å². The Labute approximate surface area is 108 Å². The largest absolute Gasteiger partial charge is 0.365 e. The Morgan fingerprint density at radius 2 is 2.17 bits per heavy atom. The third-order valence-electron chi connectivity index (χ3n) is 3.28. The Kier molecular flexibility index (Phi) is 3.89. The number of aryl methyl sites for hydroxylation is 2. The van der Waals surface area contributed by atoms with Crippen LogP contribution in [0.3, 0.4) is 0 Å². The summed E-state index contributed by atoms with van der Waals surface area (Å²) in [6, 6.07) is 0.209. The van der Waals surface area contributed by atoms with Crippen LogP contribution in [-0.2, 0) is 18.3 Å². The van der Waals surface area contributed by atoms with E-state index >= 15 is 0 Å². The number of fused-ring (bicyclic) bond motifs is 1. The molecule has 0 aromatic carbocycles. The van der Waals surface area contributed by atoms with Crippen LogP contribution >= 0.6 is 0 Å². The molecule has 0 aliphatic carbocycles. The normalized spacial score (nSPS) is 18.8. The van der Waals surface area contributed by atoms with Crippen molar-refractivity contribution in [1.29, 1.82) is 0 Å². The molecule has 0 saturated heterocycles. The number of hydrogen-bond acceptors (Lipinski definition) is 3. The molecule has 0 bridgehead atoms. The van der Waals surface area contributed by atoms with Gasteiger partial charge in [-0.15, -0.1) is 0 Å². The first-order valence-corrected chi connectivity index (χ1v) is 6.78. The van der Waals surface area contributed by atoms with Crippen LogP contribution in [-0.4, -0.2) is 21.7 Å². The van der Waals surface area contributed by atoms with Gasteiger partial charge < -0.3 is 10.6 Å². The van der Waals surface area contributed by atoms with Gasteiger partial charge in [-0.3, -0.25) is 9.48 Å². The molecule has 1 aliphatic heterocycles. The van der Waals surface area contributed by atoms with Gasteiger partial charge in [-0.25, -0.2) is 0 Å². The van der Waals surface area contributed by atoms with E-state index in [0.717, 1.165) is 42.9 Å². The smallest absolute Gasteiger partial charge is 0.226 e. The minimum Gasteiger partial charge on any atom is -0.365 e. The summed E-state index contributed by atoms with van der Waals surface area (Å²) >= 11 is 0. The molecular formula is C13H22N4O. The molecule has 0 radical (unpaired) electrons. The van der Waals surface area contributed by atoms with Crippen LogP contribution in [0.15, 0.2) is 0 Å². The van der Waals surface area contributed by atoms with Crippen LogP contribution < -0.4 is 10.6 Å². The zero-order valence-electron chi connectivity index (χ0n) is 11.4. The maximum Gasteiger partial charge on any atom is 0.226 e. The fourth-order valence-corrected chi connectivity index (χ4v) is 2.47. The van der Waals surface area contributed by atoms with Gasteiger partial charge in [0.2, 0.25) is 5.91 Å². The molecule has 1 aromatic rings. The van der Waals surface area contributed by atoms with Gasteiger partial charge in [0, 0.05) is 19.5 Å². The summed E-state index contributed by atoms with van der Waals surface area (Å²) in [4.78, 5) is 11.9. The van der Waals surface area contributed by atoms with Crippen molar-refractivity contribution in [2.75, 3.05) is 10.6 Å². The molecule has 1 amide bonds. The Balaban J connectivity index is 2.32. The minimum atomic E-state index is 0.0880. The van der Waals surface area contributed by atoms with Gasteiger partial charge in [0.05, 0.1) is 5.69 Å². The van der Waals surface area contributed by atoms with E-state index in [-0.39, 0.29) is 11.9 Å². The lowest BCUT2D eigenvalue weighted by atomic mass is 10.1. The van der Waals surface area contributed by atoms with Crippen LogP contribution in [0.1, 0.15) is 45.2 Å². The molecule has 0 spiro atoms. The number of anilines is 2. The molecule has 1 unspecified atom stereocenters. The van der Waals surface area contributed by atoms with E-state index in [0.29, 0.717) is 6.42 Å². The standard InChI is InChI=1S/C13H22N4O/c1-4-6-9-8-11(18)15-12-10(7-5-2)16-17(3)13(12)14-9/h9,14H,4-8H2,1-3H3,(H,15,18). The van der Waals surface area contributed by atoms with E-state index in [1.165, 1.54) is 0 Å². The Bertz CT molecular complexity index is 438. The summed E-state index contributed by atoms with van der Waals surface area (Å²) in [6.07, 6.45) is 4.52. The van der Waals surface area contributed by atoms with Crippen molar-refractivity contribution in [3.63, 3.8) is 0 Å². The first-order valence-electron chi connectivity index (χ1n) is 6.78. The molecule has 5 nitrogen and oxygen atoms in total. The van der Waals surface area contributed by atoms with E-state index in [9.17, 15) is 4.79 Å². The molecule has 18 heavy (non-hydrogen) atoms. The van der Waals surface area contributed by atoms with Crippen molar-refractivity contribution < 1.29 is 4.79 Å². The number of nitrogens with zero attached hydrogens (tertiary/aromatic N) is 2. The van der Waals surface area contributed by atoms with E-state index in [4.69, 9.17) is 0 Å². The highest BCUT2D eigenvalue weighted by Gasteiger charge is 2.25. The van der Waals surface area contributed by atoms with E-state index in [1.807, 2.05) is 11.7 Å². The fourth-order valence-electron chi connectivity index (χ4n) is 2.47. The zero-order chi connectivity index (χ0) is 13.1. The van der Waals surface area contributed by atoms with Crippen LogP contribution in [0.2, 0.25) is 0 Å². The molecular weight excluding hydrogens is 228 g/mol. The number of hydrogen-bond donors (Lipinski definition) is 2. The SMILES string of the molecule is CCCc1nn(C)c2c1NC(=O)CC(CCC)N2. The predicted molar refractivity (Wildman–Crippen MR) is 72.8 cm³/mol. The maximum atomic E-state index is 11.9. The molecule has 0 saturated carbocycles. The lowest BCUT2D eigenvalue weighted by Crippen LogP contribution is -2.23. The number of carbonyl (C=O) groups excluding carboxylic acids is 1. The minimum absolute atomic E-state index is 0.0880. The molecule has 0 fully saturated rings. The van der Waals surface area contributed by atoms with E-state index in [1.54, 1.807) is 0 Å². The quantitative estimate of drug-likeness (QED) is 0.862. The lowest BCUT2D eigenvalue weighted by Gasteiger charge is -2.15. The summed E-state index contributed by atoms with van der Waals surface area (Å²) in [6.45, 7) is 4.25. The van der Waals surface area contributed by atoms with E-state index in [2.05, 4.69) is 29.6 Å². The molecule has 1 aromatic heterocycles. The predicted octanol–water partition coefficient (Wildman–Crippen LogP) is 2.30. The van der Waals surface area contributed by atoms with Gasteiger partial charge in [-0.2, -0.15) is 5.10 Å². The highest BCUT2D eigenvalue weighted by molar-refractivity contribution is 5.96. The zero-order valence-corrected chi connectivity index (χ0v) is 11.4. The van der Waals surface area contributed by atoms with Crippen LogP contribution in [0.5, 0.6) is 0 Å². The van der Waals surface area contributed by atoms with Gasteiger partial charge in [-0.1, -0.05) is 26.7 Å². The Morgan fingerprint density at radius 1 is 1.39 bits per heavy atom. The van der Waals surface area contributed by atoms with Crippen LogP contribution in [0, 0.1) is 0 Å². The fraction of sp³-hybridized carbons (Fsp3) is 0.692. The van der Waals surface area contributed by atoms with Crippen molar-refractivity contribution in [1.82, 2.24) is 9.78 Å². The van der Waals surface area contributed by atoms with Gasteiger partial charge in [-0.05, 0) is 12.8 Å². The monoisotopic (exact) mass is 250 g/mol. The van der Waals surface area contributed by atoms with Gasteiger partial charge >= 0.3 is 0 Å². The molecule has 1 aliphatic rings. The van der Waals surface area contributed by atoms with Crippen molar-refractivity contribution in [3.05, 3.63) is 5.69 Å². The number of carbonyl (C=O) groups is 1. The van der Waals surface area contributed by atoms with Crippen molar-refractivity contribution in [2.45, 2.75) is 52.0 Å². The van der Waals surface area contributed by atoms with Crippen LogP contribution in [0.25, 0.3) is 0 Å². The second kappa shape index (κ2) is 5.42. The third kappa shape index (κ3) is 2.49. The summed E-state index contributed by atoms with van der Waals surface area (Å²) in [5.74, 6) is 1.04. The molecule has 100 valence electrons. The first kappa shape index (κ1) is 12.9. The third-order valence-corrected chi connectivity index (χ3v) is 3.28. The highest BCUT2D eigenvalue weighted by atomic mass is 16.1. The molecule has 2 N–H and O–H groups in total. The first-order chi connectivity index (χ1) is 8.65.